The molecular weight excluding hydrogens is 471 g/mol. The fourth-order valence-corrected chi connectivity index (χ4v) is 4.22. The van der Waals surface area contributed by atoms with Crippen molar-refractivity contribution < 1.29 is 27.4 Å². The number of hydrogen-bond donors (Lipinski definition) is 3. The number of benzene rings is 4. The van der Waals surface area contributed by atoms with Gasteiger partial charge in [0.1, 0.15) is 23.0 Å². The molecule has 9 heteroatoms. The van der Waals surface area contributed by atoms with E-state index in [0.29, 0.717) is 5.75 Å². The summed E-state index contributed by atoms with van der Waals surface area (Å²) in [6.45, 7) is 0. The van der Waals surface area contributed by atoms with Crippen molar-refractivity contribution in [2.24, 2.45) is 0 Å². The van der Waals surface area contributed by atoms with Crippen molar-refractivity contribution >= 4 is 33.9 Å². The highest BCUT2D eigenvalue weighted by molar-refractivity contribution is 7.74. The molecule has 0 saturated heterocycles. The fraction of sp³-hybridized carbons (Fsp3) is 0.0385. The number of phenolic OH excluding ortho intramolecular Hbond substituents is 1. The maximum absolute atomic E-state index is 13.3. The van der Waals surface area contributed by atoms with Gasteiger partial charge in [0, 0.05) is 5.69 Å². The predicted molar refractivity (Wildman–Crippen MR) is 133 cm³/mol. The summed E-state index contributed by atoms with van der Waals surface area (Å²) in [5.41, 5.74) is 2.37. The molecule has 0 fully saturated rings. The van der Waals surface area contributed by atoms with Crippen molar-refractivity contribution in [3.8, 4) is 22.6 Å². The average molecular weight is 493 g/mol. The highest BCUT2D eigenvalue weighted by Crippen LogP contribution is 2.36. The zero-order valence-electron chi connectivity index (χ0n) is 18.5. The minimum atomic E-state index is -3.23. The van der Waals surface area contributed by atoms with Crippen molar-refractivity contribution in [1.82, 2.24) is 0 Å². The molecule has 0 unspecified atom stereocenters. The molecule has 0 spiro atoms. The number of halogens is 1. The smallest absolute Gasteiger partial charge is 0.259 e. The van der Waals surface area contributed by atoms with E-state index in [0.717, 1.165) is 27.6 Å². The van der Waals surface area contributed by atoms with Crippen LogP contribution in [0.25, 0.3) is 11.1 Å². The van der Waals surface area contributed by atoms with Gasteiger partial charge in [-0.1, -0.05) is 36.4 Å². The van der Waals surface area contributed by atoms with Gasteiger partial charge in [-0.05, 0) is 65.7 Å². The molecule has 4 aromatic carbocycles. The quantitative estimate of drug-likeness (QED) is 0.246. The molecule has 7 nitrogen and oxygen atoms in total. The Morgan fingerprint density at radius 2 is 1.63 bits per heavy atom. The highest BCUT2D eigenvalue weighted by Gasteiger charge is 2.19. The van der Waals surface area contributed by atoms with Crippen molar-refractivity contribution in [3.05, 3.63) is 102 Å². The molecule has 178 valence electrons. The third-order valence-electron chi connectivity index (χ3n) is 5.25. The number of carbonyl (C=O) groups is 1. The summed E-state index contributed by atoms with van der Waals surface area (Å²) in [5.74, 6) is -1.00. The SMILES string of the molecule is COc1cc(-c2ccccc2)ccc1C(=O)Nc1ccc(O)c(N(c2ccc(F)cc2)[SH](=O)=O)c1. The molecule has 0 heterocycles. The largest absolute Gasteiger partial charge is 0.506 e. The van der Waals surface area contributed by atoms with Crippen LogP contribution in [0.4, 0.5) is 21.5 Å². The molecule has 0 aliphatic rings. The third kappa shape index (κ3) is 5.25. The van der Waals surface area contributed by atoms with E-state index in [1.165, 1.54) is 37.4 Å². The van der Waals surface area contributed by atoms with Crippen LogP contribution in [0, 0.1) is 5.82 Å². The molecule has 0 aromatic heterocycles. The van der Waals surface area contributed by atoms with Gasteiger partial charge in [-0.25, -0.2) is 17.1 Å². The Morgan fingerprint density at radius 3 is 2.29 bits per heavy atom. The topological polar surface area (TPSA) is 95.9 Å². The van der Waals surface area contributed by atoms with E-state index in [4.69, 9.17) is 4.74 Å². The zero-order chi connectivity index (χ0) is 24.9. The zero-order valence-corrected chi connectivity index (χ0v) is 19.4. The Labute approximate surface area is 203 Å². The molecule has 0 aliphatic heterocycles. The maximum Gasteiger partial charge on any atom is 0.259 e. The van der Waals surface area contributed by atoms with Crippen LogP contribution in [0.1, 0.15) is 10.4 Å². The molecule has 4 aromatic rings. The fourth-order valence-electron chi connectivity index (χ4n) is 3.56. The second kappa shape index (κ2) is 10.3. The average Bonchev–Trinajstić information content (AvgIpc) is 2.87. The summed E-state index contributed by atoms with van der Waals surface area (Å²) in [7, 11) is -1.77. The lowest BCUT2D eigenvalue weighted by molar-refractivity contribution is 0.102. The second-order valence-corrected chi connectivity index (χ2v) is 8.34. The van der Waals surface area contributed by atoms with Crippen molar-refractivity contribution in [3.63, 3.8) is 0 Å². The van der Waals surface area contributed by atoms with Crippen LogP contribution in [0.2, 0.25) is 0 Å². The molecule has 0 bridgehead atoms. The van der Waals surface area contributed by atoms with E-state index >= 15 is 0 Å². The van der Waals surface area contributed by atoms with Gasteiger partial charge in [-0.3, -0.25) is 4.79 Å². The van der Waals surface area contributed by atoms with Gasteiger partial charge in [-0.15, -0.1) is 0 Å². The first-order valence-corrected chi connectivity index (χ1v) is 11.6. The number of amides is 1. The van der Waals surface area contributed by atoms with Crippen LogP contribution >= 0.6 is 0 Å². The monoisotopic (exact) mass is 492 g/mol. The summed E-state index contributed by atoms with van der Waals surface area (Å²) in [6.07, 6.45) is 0. The van der Waals surface area contributed by atoms with E-state index < -0.39 is 22.6 Å². The Balaban J connectivity index is 1.64. The van der Waals surface area contributed by atoms with Gasteiger partial charge in [-0.2, -0.15) is 0 Å². The van der Waals surface area contributed by atoms with Gasteiger partial charge in [0.15, 0.2) is 0 Å². The first-order valence-electron chi connectivity index (χ1n) is 10.4. The van der Waals surface area contributed by atoms with Crippen molar-refractivity contribution in [2.75, 3.05) is 16.7 Å². The summed E-state index contributed by atoms with van der Waals surface area (Å²) in [5, 5.41) is 13.0. The number of methoxy groups -OCH3 is 1. The Bertz CT molecular complexity index is 1430. The molecule has 2 N–H and O–H groups in total. The Morgan fingerprint density at radius 1 is 0.914 bits per heavy atom. The lowest BCUT2D eigenvalue weighted by Crippen LogP contribution is -2.16. The number of anilines is 3. The van der Waals surface area contributed by atoms with Gasteiger partial charge in [0.2, 0.25) is 10.9 Å². The molecule has 4 rings (SSSR count). The van der Waals surface area contributed by atoms with Crippen LogP contribution < -0.4 is 14.4 Å². The maximum atomic E-state index is 13.3. The van der Waals surface area contributed by atoms with Gasteiger partial charge >= 0.3 is 0 Å². The number of aromatic hydroxyl groups is 1. The molecule has 1 amide bonds. The number of phenols is 1. The molecule has 0 saturated carbocycles. The number of rotatable bonds is 7. The molecule has 0 radical (unpaired) electrons. The normalized spacial score (nSPS) is 10.7. The lowest BCUT2D eigenvalue weighted by Gasteiger charge is -2.20. The highest BCUT2D eigenvalue weighted by atomic mass is 32.2. The number of hydrogen-bond acceptors (Lipinski definition) is 5. The molecule has 35 heavy (non-hydrogen) atoms. The summed E-state index contributed by atoms with van der Waals surface area (Å²) < 4.78 is 43.5. The minimum absolute atomic E-state index is 0.100. The van der Waals surface area contributed by atoms with Crippen molar-refractivity contribution in [1.29, 1.82) is 0 Å². The van der Waals surface area contributed by atoms with E-state index in [9.17, 15) is 22.7 Å². The number of thiol groups is 1. The minimum Gasteiger partial charge on any atom is -0.506 e. The first-order chi connectivity index (χ1) is 16.9. The van der Waals surface area contributed by atoms with E-state index in [1.54, 1.807) is 18.2 Å². The standard InChI is InChI=1S/C26H21FN2O5S/c1-34-25-15-18(17-5-3-2-4-6-17)7-13-22(25)26(31)28-20-10-14-24(30)23(16-20)29(35(32)33)21-11-8-19(27)9-12-21/h2-16,30,35H,1H3,(H,28,31). The molecule has 0 aliphatic carbocycles. The van der Waals surface area contributed by atoms with E-state index in [1.807, 2.05) is 30.3 Å². The number of nitrogens with one attached hydrogen (secondary N) is 1. The van der Waals surface area contributed by atoms with Crippen LogP contribution in [-0.2, 0) is 10.9 Å². The van der Waals surface area contributed by atoms with E-state index in [-0.39, 0.29) is 28.4 Å². The van der Waals surface area contributed by atoms with Crippen molar-refractivity contribution in [2.45, 2.75) is 0 Å². The van der Waals surface area contributed by atoms with Gasteiger partial charge in [0.05, 0.1) is 18.4 Å². The third-order valence-corrected chi connectivity index (χ3v) is 6.02. The summed E-state index contributed by atoms with van der Waals surface area (Å²) in [6, 6.07) is 23.6. The lowest BCUT2D eigenvalue weighted by atomic mass is 10.0. The first kappa shape index (κ1) is 23.8. The van der Waals surface area contributed by atoms with Crippen LogP contribution in [-0.4, -0.2) is 26.5 Å². The summed E-state index contributed by atoms with van der Waals surface area (Å²) >= 11 is 0. The van der Waals surface area contributed by atoms with Crippen LogP contribution in [0.15, 0.2) is 91.0 Å². The molecule has 0 atom stereocenters. The molecular formula is C26H21FN2O5S. The number of carbonyl (C=O) groups excluding carboxylic acids is 1. The van der Waals surface area contributed by atoms with Gasteiger partial charge in [0.25, 0.3) is 5.91 Å². The Hall–Kier alpha value is -4.37. The number of ether oxygens (including phenoxy) is 1. The van der Waals surface area contributed by atoms with Crippen LogP contribution in [0.3, 0.4) is 0 Å². The van der Waals surface area contributed by atoms with E-state index in [2.05, 4.69) is 5.32 Å². The Kier molecular flexibility index (Phi) is 6.98. The second-order valence-electron chi connectivity index (χ2n) is 7.46. The van der Waals surface area contributed by atoms with Gasteiger partial charge < -0.3 is 15.2 Å². The summed E-state index contributed by atoms with van der Waals surface area (Å²) in [4.78, 5) is 13.0. The van der Waals surface area contributed by atoms with Crippen LogP contribution in [0.5, 0.6) is 11.5 Å². The number of nitrogens with zero attached hydrogens (tertiary/aromatic N) is 1. The predicted octanol–water partition coefficient (Wildman–Crippen LogP) is 5.12.